The smallest absolute Gasteiger partial charge is 0.350 e. The van der Waals surface area contributed by atoms with Gasteiger partial charge < -0.3 is 24.4 Å². The summed E-state index contributed by atoms with van der Waals surface area (Å²) in [5.41, 5.74) is 1.52. The maximum atomic E-state index is 13.5. The van der Waals surface area contributed by atoms with Gasteiger partial charge in [0.1, 0.15) is 16.4 Å². The van der Waals surface area contributed by atoms with Gasteiger partial charge in [0.05, 0.1) is 37.6 Å². The molecule has 2 aromatic carbocycles. The van der Waals surface area contributed by atoms with Gasteiger partial charge >= 0.3 is 11.9 Å². The third-order valence-corrected chi connectivity index (χ3v) is 7.47. The molecule has 1 aliphatic heterocycles. The van der Waals surface area contributed by atoms with Crippen molar-refractivity contribution in [1.82, 2.24) is 4.98 Å². The molecule has 1 atom stereocenters. The molecule has 0 saturated carbocycles. The van der Waals surface area contributed by atoms with Gasteiger partial charge in [-0.2, -0.15) is 0 Å². The highest BCUT2D eigenvalue weighted by Crippen LogP contribution is 2.45. The van der Waals surface area contributed by atoms with E-state index in [2.05, 4.69) is 4.98 Å². The third kappa shape index (κ3) is 5.24. The molecule has 3 aromatic rings. The third-order valence-electron chi connectivity index (χ3n) is 6.33. The van der Waals surface area contributed by atoms with Crippen LogP contribution in [0, 0.1) is 13.8 Å². The Morgan fingerprint density at radius 3 is 2.50 bits per heavy atom. The number of ketones is 1. The van der Waals surface area contributed by atoms with E-state index in [9.17, 15) is 24.6 Å². The molecular formula is C29H30N2O8S. The molecule has 0 aliphatic carbocycles. The maximum Gasteiger partial charge on any atom is 0.350 e. The van der Waals surface area contributed by atoms with E-state index >= 15 is 0 Å². The number of nitrogens with zero attached hydrogens (tertiary/aromatic N) is 2. The lowest BCUT2D eigenvalue weighted by atomic mass is 9.93. The van der Waals surface area contributed by atoms with Crippen LogP contribution in [0.4, 0.5) is 5.13 Å². The largest absolute Gasteiger partial charge is 0.507 e. The number of aromatic hydroxyl groups is 1. The van der Waals surface area contributed by atoms with Crippen molar-refractivity contribution in [2.45, 2.75) is 40.2 Å². The SMILES string of the molecule is CCCOc1ccc(C(O)=C2C(=O)C(=O)N(c3nc(C)c(C(=O)OC)s3)[C@@H]2c2ccc(O)c(OCC)c2)c(C)c1. The summed E-state index contributed by atoms with van der Waals surface area (Å²) < 4.78 is 16.1. The minimum atomic E-state index is -1.13. The summed E-state index contributed by atoms with van der Waals surface area (Å²) in [6.07, 6.45) is 0.828. The first-order chi connectivity index (χ1) is 19.1. The van der Waals surface area contributed by atoms with Crippen molar-refractivity contribution in [3.05, 3.63) is 69.2 Å². The molecule has 0 unspecified atom stereocenters. The van der Waals surface area contributed by atoms with Crippen LogP contribution in [0.3, 0.4) is 0 Å². The number of carbonyl (C=O) groups excluding carboxylic acids is 3. The predicted molar refractivity (Wildman–Crippen MR) is 149 cm³/mol. The van der Waals surface area contributed by atoms with Gasteiger partial charge in [-0.1, -0.05) is 24.3 Å². The summed E-state index contributed by atoms with van der Waals surface area (Å²) in [4.78, 5) is 45.0. The Bertz CT molecular complexity index is 1510. The molecule has 1 amide bonds. The molecule has 11 heteroatoms. The lowest BCUT2D eigenvalue weighted by Crippen LogP contribution is -2.29. The molecule has 0 spiro atoms. The van der Waals surface area contributed by atoms with Crippen LogP contribution in [-0.2, 0) is 14.3 Å². The molecule has 10 nitrogen and oxygen atoms in total. The second-order valence-electron chi connectivity index (χ2n) is 9.06. The fourth-order valence-corrected chi connectivity index (χ4v) is 5.45. The average Bonchev–Trinajstić information content (AvgIpc) is 3.44. The Kier molecular flexibility index (Phi) is 8.43. The Hall–Kier alpha value is -4.38. The molecule has 1 saturated heterocycles. The lowest BCUT2D eigenvalue weighted by Gasteiger charge is -2.24. The number of esters is 1. The van der Waals surface area contributed by atoms with E-state index in [1.807, 2.05) is 6.92 Å². The Balaban J connectivity index is 1.93. The van der Waals surface area contributed by atoms with Gasteiger partial charge in [-0.05, 0) is 68.7 Å². The summed E-state index contributed by atoms with van der Waals surface area (Å²) in [6, 6.07) is 8.35. The van der Waals surface area contributed by atoms with Crippen LogP contribution in [0.5, 0.6) is 17.2 Å². The number of amides is 1. The van der Waals surface area contributed by atoms with E-state index in [1.54, 1.807) is 39.0 Å². The van der Waals surface area contributed by atoms with Crippen molar-refractivity contribution in [3.63, 3.8) is 0 Å². The van der Waals surface area contributed by atoms with Gasteiger partial charge in [0, 0.05) is 5.56 Å². The van der Waals surface area contributed by atoms with E-state index in [-0.39, 0.29) is 39.4 Å². The normalized spacial score (nSPS) is 16.3. The van der Waals surface area contributed by atoms with Crippen LogP contribution in [-0.4, -0.2) is 53.2 Å². The molecule has 1 fully saturated rings. The van der Waals surface area contributed by atoms with Gasteiger partial charge in [-0.25, -0.2) is 9.78 Å². The molecule has 0 radical (unpaired) electrons. The summed E-state index contributed by atoms with van der Waals surface area (Å²) in [5.74, 6) is -2.23. The monoisotopic (exact) mass is 566 g/mol. The molecule has 2 heterocycles. The van der Waals surface area contributed by atoms with Crippen LogP contribution in [0.1, 0.15) is 58.4 Å². The number of anilines is 1. The molecule has 210 valence electrons. The van der Waals surface area contributed by atoms with Crippen molar-refractivity contribution < 1.29 is 38.8 Å². The van der Waals surface area contributed by atoms with Crippen molar-refractivity contribution in [2.24, 2.45) is 0 Å². The van der Waals surface area contributed by atoms with Gasteiger partial charge in [0.2, 0.25) is 0 Å². The fraction of sp³-hybridized carbons (Fsp3) is 0.310. The summed E-state index contributed by atoms with van der Waals surface area (Å²) in [6.45, 7) is 7.89. The highest BCUT2D eigenvalue weighted by atomic mass is 32.1. The fourth-order valence-electron chi connectivity index (χ4n) is 4.44. The average molecular weight is 567 g/mol. The van der Waals surface area contributed by atoms with Gasteiger partial charge in [0.15, 0.2) is 16.6 Å². The van der Waals surface area contributed by atoms with Gasteiger partial charge in [-0.15, -0.1) is 0 Å². The van der Waals surface area contributed by atoms with Gasteiger partial charge in [-0.3, -0.25) is 14.5 Å². The van der Waals surface area contributed by atoms with Crippen molar-refractivity contribution >= 4 is 39.9 Å². The number of ether oxygens (including phenoxy) is 3. The number of phenolic OH excluding ortho intramolecular Hbond substituents is 1. The van der Waals surface area contributed by atoms with Crippen LogP contribution >= 0.6 is 11.3 Å². The topological polar surface area (TPSA) is 135 Å². The minimum Gasteiger partial charge on any atom is -0.507 e. The summed E-state index contributed by atoms with van der Waals surface area (Å²) >= 11 is 0.899. The van der Waals surface area contributed by atoms with Crippen LogP contribution in [0.25, 0.3) is 5.76 Å². The molecule has 0 bridgehead atoms. The quantitative estimate of drug-likeness (QED) is 0.158. The predicted octanol–water partition coefficient (Wildman–Crippen LogP) is 5.07. The number of thiazole rings is 1. The molecule has 40 heavy (non-hydrogen) atoms. The van der Waals surface area contributed by atoms with Crippen molar-refractivity contribution in [3.8, 4) is 17.2 Å². The van der Waals surface area contributed by atoms with Gasteiger partial charge in [0.25, 0.3) is 5.78 Å². The van der Waals surface area contributed by atoms with Crippen LogP contribution in [0.15, 0.2) is 42.0 Å². The summed E-state index contributed by atoms with van der Waals surface area (Å²) in [5, 5.41) is 21.9. The number of rotatable bonds is 9. The molecule has 4 rings (SSSR count). The molecule has 2 N–H and O–H groups in total. The number of carbonyl (C=O) groups is 3. The lowest BCUT2D eigenvalue weighted by molar-refractivity contribution is -0.132. The number of aliphatic hydroxyl groups excluding tert-OH is 1. The standard InChI is InChI=1S/C29H30N2O8S/c1-6-12-39-18-9-10-19(15(3)13-18)24(33)22-23(17-8-11-20(32)21(14-17)38-7-2)31(27(35)25(22)34)29-30-16(4)26(40-29)28(36)37-5/h8-11,13-14,23,32-33H,6-7,12H2,1-5H3/t23-/m1/s1. The zero-order chi connectivity index (χ0) is 29.1. The number of benzene rings is 2. The number of aliphatic hydroxyl groups is 1. The first kappa shape index (κ1) is 28.6. The first-order valence-corrected chi connectivity index (χ1v) is 13.5. The van der Waals surface area contributed by atoms with E-state index in [1.165, 1.54) is 25.3 Å². The molecular weight excluding hydrogens is 536 g/mol. The number of methoxy groups -OCH3 is 1. The van der Waals surface area contributed by atoms with E-state index in [0.29, 0.717) is 34.7 Å². The number of aromatic nitrogens is 1. The first-order valence-electron chi connectivity index (χ1n) is 12.7. The number of hydrogen-bond donors (Lipinski definition) is 2. The van der Waals surface area contributed by atoms with E-state index < -0.39 is 23.7 Å². The number of hydrogen-bond acceptors (Lipinski definition) is 10. The Labute approximate surface area is 235 Å². The molecule has 1 aliphatic rings. The second-order valence-corrected chi connectivity index (χ2v) is 10.0. The molecule has 1 aromatic heterocycles. The van der Waals surface area contributed by atoms with E-state index in [0.717, 1.165) is 22.7 Å². The Morgan fingerprint density at radius 1 is 1.10 bits per heavy atom. The number of phenols is 1. The van der Waals surface area contributed by atoms with E-state index in [4.69, 9.17) is 14.2 Å². The Morgan fingerprint density at radius 2 is 1.85 bits per heavy atom. The maximum absolute atomic E-state index is 13.5. The van der Waals surface area contributed by atoms with Crippen LogP contribution < -0.4 is 14.4 Å². The number of aryl methyl sites for hydroxylation is 2. The highest BCUT2D eigenvalue weighted by Gasteiger charge is 2.48. The minimum absolute atomic E-state index is 0.0788. The zero-order valence-corrected chi connectivity index (χ0v) is 23.6. The summed E-state index contributed by atoms with van der Waals surface area (Å²) in [7, 11) is 1.24. The number of Topliss-reactive ketones (excluding diaryl/α,β-unsaturated/α-hetero) is 1. The zero-order valence-electron chi connectivity index (χ0n) is 22.8. The van der Waals surface area contributed by atoms with Crippen LogP contribution in [0.2, 0.25) is 0 Å². The van der Waals surface area contributed by atoms with Crippen molar-refractivity contribution in [1.29, 1.82) is 0 Å². The van der Waals surface area contributed by atoms with Crippen molar-refractivity contribution in [2.75, 3.05) is 25.2 Å². The second kappa shape index (κ2) is 11.8. The highest BCUT2D eigenvalue weighted by molar-refractivity contribution is 7.17.